The van der Waals surface area contributed by atoms with E-state index in [0.29, 0.717) is 16.8 Å². The second kappa shape index (κ2) is 4.78. The Kier molecular flexibility index (Phi) is 3.34. The summed E-state index contributed by atoms with van der Waals surface area (Å²) in [5, 5.41) is 9.14. The van der Waals surface area contributed by atoms with Crippen LogP contribution in [0.15, 0.2) is 42.6 Å². The topological polar surface area (TPSA) is 33.1 Å². The molecule has 2 rings (SSSR count). The zero-order valence-corrected chi connectivity index (χ0v) is 9.28. The Labute approximate surface area is 102 Å². The minimum Gasteiger partial charge on any atom is -0.392 e. The van der Waals surface area contributed by atoms with E-state index >= 15 is 0 Å². The molecule has 2 aromatic rings. The molecule has 0 spiro atoms. The fourth-order valence-electron chi connectivity index (χ4n) is 1.64. The summed E-state index contributed by atoms with van der Waals surface area (Å²) in [7, 11) is 0. The molecule has 5 heteroatoms. The Hall–Kier alpha value is -1.88. The second-order valence-corrected chi connectivity index (χ2v) is 3.74. The maximum absolute atomic E-state index is 12.4. The van der Waals surface area contributed by atoms with Crippen molar-refractivity contribution >= 4 is 0 Å². The minimum absolute atomic E-state index is 0.204. The van der Waals surface area contributed by atoms with Crippen molar-refractivity contribution in [3.05, 3.63) is 53.7 Å². The van der Waals surface area contributed by atoms with Crippen molar-refractivity contribution in [2.45, 2.75) is 12.8 Å². The van der Waals surface area contributed by atoms with E-state index in [-0.39, 0.29) is 6.61 Å². The normalized spacial score (nSPS) is 11.6. The largest absolute Gasteiger partial charge is 0.416 e. The fourth-order valence-corrected chi connectivity index (χ4v) is 1.64. The molecule has 0 atom stereocenters. The molecule has 1 heterocycles. The van der Waals surface area contributed by atoms with Crippen LogP contribution in [0.2, 0.25) is 0 Å². The quantitative estimate of drug-likeness (QED) is 0.891. The van der Waals surface area contributed by atoms with Crippen LogP contribution in [-0.4, -0.2) is 10.1 Å². The molecule has 18 heavy (non-hydrogen) atoms. The predicted octanol–water partition coefficient (Wildman–Crippen LogP) is 3.26. The summed E-state index contributed by atoms with van der Waals surface area (Å²) < 4.78 is 37.2. The third-order valence-electron chi connectivity index (χ3n) is 2.55. The van der Waals surface area contributed by atoms with Crippen LogP contribution in [0.3, 0.4) is 0 Å². The number of rotatable bonds is 2. The number of hydrogen-bond donors (Lipinski definition) is 1. The van der Waals surface area contributed by atoms with Crippen molar-refractivity contribution in [3.63, 3.8) is 0 Å². The maximum atomic E-state index is 12.4. The first-order valence-corrected chi connectivity index (χ1v) is 5.25. The molecular formula is C13H10F3NO. The molecular weight excluding hydrogens is 243 g/mol. The lowest BCUT2D eigenvalue weighted by Crippen LogP contribution is -2.04. The first-order chi connectivity index (χ1) is 8.52. The Balaban J connectivity index is 2.41. The number of aliphatic hydroxyl groups is 1. The Morgan fingerprint density at radius 2 is 1.72 bits per heavy atom. The SMILES string of the molecule is OCc1cccnc1-c1ccc(C(F)(F)F)cc1. The highest BCUT2D eigenvalue weighted by molar-refractivity contribution is 5.63. The molecule has 0 saturated heterocycles. The van der Waals surface area contributed by atoms with Crippen LogP contribution in [0.1, 0.15) is 11.1 Å². The molecule has 94 valence electrons. The number of halogens is 3. The van der Waals surface area contributed by atoms with E-state index in [1.807, 2.05) is 0 Å². The van der Waals surface area contributed by atoms with Gasteiger partial charge in [-0.1, -0.05) is 18.2 Å². The third-order valence-corrected chi connectivity index (χ3v) is 2.55. The van der Waals surface area contributed by atoms with Gasteiger partial charge in [-0.3, -0.25) is 4.98 Å². The predicted molar refractivity (Wildman–Crippen MR) is 60.6 cm³/mol. The summed E-state index contributed by atoms with van der Waals surface area (Å²) in [5.74, 6) is 0. The van der Waals surface area contributed by atoms with Crippen molar-refractivity contribution in [2.24, 2.45) is 0 Å². The van der Waals surface area contributed by atoms with Crippen molar-refractivity contribution in [1.82, 2.24) is 4.98 Å². The number of pyridine rings is 1. The first kappa shape index (κ1) is 12.6. The van der Waals surface area contributed by atoms with Crippen LogP contribution in [-0.2, 0) is 12.8 Å². The number of aromatic nitrogens is 1. The van der Waals surface area contributed by atoms with Crippen LogP contribution < -0.4 is 0 Å². The van der Waals surface area contributed by atoms with Gasteiger partial charge in [0.1, 0.15) is 0 Å². The summed E-state index contributed by atoms with van der Waals surface area (Å²) in [4.78, 5) is 4.07. The number of alkyl halides is 3. The van der Waals surface area contributed by atoms with Crippen LogP contribution in [0.5, 0.6) is 0 Å². The van der Waals surface area contributed by atoms with E-state index in [1.54, 1.807) is 12.1 Å². The Morgan fingerprint density at radius 1 is 1.06 bits per heavy atom. The monoisotopic (exact) mass is 253 g/mol. The smallest absolute Gasteiger partial charge is 0.392 e. The molecule has 1 N–H and O–H groups in total. The highest BCUT2D eigenvalue weighted by Crippen LogP contribution is 2.31. The van der Waals surface area contributed by atoms with Crippen molar-refractivity contribution in [2.75, 3.05) is 0 Å². The van der Waals surface area contributed by atoms with Gasteiger partial charge in [0.15, 0.2) is 0 Å². The molecule has 1 aromatic heterocycles. The van der Waals surface area contributed by atoms with E-state index in [2.05, 4.69) is 4.98 Å². The number of nitrogens with zero attached hydrogens (tertiary/aromatic N) is 1. The van der Waals surface area contributed by atoms with E-state index in [1.165, 1.54) is 18.3 Å². The Morgan fingerprint density at radius 3 is 2.28 bits per heavy atom. The molecule has 2 nitrogen and oxygen atoms in total. The molecule has 1 aromatic carbocycles. The van der Waals surface area contributed by atoms with Gasteiger partial charge in [-0.2, -0.15) is 13.2 Å². The first-order valence-electron chi connectivity index (χ1n) is 5.25. The molecule has 0 aliphatic rings. The van der Waals surface area contributed by atoms with E-state index in [0.717, 1.165) is 12.1 Å². The summed E-state index contributed by atoms with van der Waals surface area (Å²) in [6.07, 6.45) is -2.81. The fraction of sp³-hybridized carbons (Fsp3) is 0.154. The lowest BCUT2D eigenvalue weighted by Gasteiger charge is -2.09. The third kappa shape index (κ3) is 2.51. The van der Waals surface area contributed by atoms with E-state index in [9.17, 15) is 13.2 Å². The molecule has 0 fully saturated rings. The van der Waals surface area contributed by atoms with Gasteiger partial charge in [0.2, 0.25) is 0 Å². The van der Waals surface area contributed by atoms with Gasteiger partial charge in [-0.25, -0.2) is 0 Å². The zero-order valence-electron chi connectivity index (χ0n) is 9.28. The number of benzene rings is 1. The van der Waals surface area contributed by atoms with Crippen LogP contribution in [0.4, 0.5) is 13.2 Å². The summed E-state index contributed by atoms with van der Waals surface area (Å²) in [5.41, 5.74) is 0.923. The lowest BCUT2D eigenvalue weighted by molar-refractivity contribution is -0.137. The van der Waals surface area contributed by atoms with Gasteiger partial charge >= 0.3 is 6.18 Å². The van der Waals surface area contributed by atoms with Crippen molar-refractivity contribution in [3.8, 4) is 11.3 Å². The standard InChI is InChI=1S/C13H10F3NO/c14-13(15,16)11-5-3-9(4-6-11)12-10(8-18)2-1-7-17-12/h1-7,18H,8H2. The average molecular weight is 253 g/mol. The van der Waals surface area contributed by atoms with E-state index < -0.39 is 11.7 Å². The van der Waals surface area contributed by atoms with Gasteiger partial charge in [0.05, 0.1) is 17.9 Å². The maximum Gasteiger partial charge on any atom is 0.416 e. The molecule has 0 amide bonds. The van der Waals surface area contributed by atoms with E-state index in [4.69, 9.17) is 5.11 Å². The van der Waals surface area contributed by atoms with Gasteiger partial charge in [0.25, 0.3) is 0 Å². The molecule has 0 bridgehead atoms. The average Bonchev–Trinajstić information content (AvgIpc) is 2.38. The van der Waals surface area contributed by atoms with Crippen LogP contribution in [0.25, 0.3) is 11.3 Å². The van der Waals surface area contributed by atoms with Crippen LogP contribution >= 0.6 is 0 Å². The highest BCUT2D eigenvalue weighted by Gasteiger charge is 2.30. The van der Waals surface area contributed by atoms with Crippen LogP contribution in [0, 0.1) is 0 Å². The summed E-state index contributed by atoms with van der Waals surface area (Å²) in [6.45, 7) is -0.204. The second-order valence-electron chi connectivity index (χ2n) is 3.74. The highest BCUT2D eigenvalue weighted by atomic mass is 19.4. The summed E-state index contributed by atoms with van der Waals surface area (Å²) >= 11 is 0. The molecule has 0 unspecified atom stereocenters. The molecule has 0 radical (unpaired) electrons. The molecule has 0 saturated carbocycles. The Bertz CT molecular complexity index is 535. The molecule has 0 aliphatic carbocycles. The van der Waals surface area contributed by atoms with Gasteiger partial charge < -0.3 is 5.11 Å². The summed E-state index contributed by atoms with van der Waals surface area (Å²) in [6, 6.07) is 8.06. The number of hydrogen-bond acceptors (Lipinski definition) is 2. The lowest BCUT2D eigenvalue weighted by atomic mass is 10.0. The van der Waals surface area contributed by atoms with Gasteiger partial charge in [-0.15, -0.1) is 0 Å². The zero-order chi connectivity index (χ0) is 13.2. The number of aliphatic hydroxyl groups excluding tert-OH is 1. The van der Waals surface area contributed by atoms with Gasteiger partial charge in [0, 0.05) is 17.3 Å². The van der Waals surface area contributed by atoms with Gasteiger partial charge in [-0.05, 0) is 18.2 Å². The molecule has 0 aliphatic heterocycles. The van der Waals surface area contributed by atoms with Crippen molar-refractivity contribution in [1.29, 1.82) is 0 Å². The minimum atomic E-state index is -4.34. The van der Waals surface area contributed by atoms with Crippen molar-refractivity contribution < 1.29 is 18.3 Å².